The highest BCUT2D eigenvalue weighted by molar-refractivity contribution is 7.91. The van der Waals surface area contributed by atoms with Crippen molar-refractivity contribution < 1.29 is 18.3 Å². The lowest BCUT2D eigenvalue weighted by Gasteiger charge is -2.32. The maximum absolute atomic E-state index is 11.3. The molecule has 0 aliphatic carbocycles. The van der Waals surface area contributed by atoms with Gasteiger partial charge in [-0.05, 0) is 24.5 Å². The highest BCUT2D eigenvalue weighted by Gasteiger charge is 2.36. The summed E-state index contributed by atoms with van der Waals surface area (Å²) in [4.78, 5) is 10.7. The monoisotopic (exact) mass is 254 g/mol. The predicted octanol–water partition coefficient (Wildman–Crippen LogP) is 0.895. The zero-order valence-electron chi connectivity index (χ0n) is 9.30. The molecule has 0 saturated carbocycles. The molecule has 0 atom stereocenters. The van der Waals surface area contributed by atoms with Gasteiger partial charge in [0.25, 0.3) is 0 Å². The summed E-state index contributed by atoms with van der Waals surface area (Å²) in [6.45, 7) is 0. The van der Waals surface area contributed by atoms with Crippen molar-refractivity contribution in [1.29, 1.82) is 0 Å². The molecule has 0 aromatic heterocycles. The van der Waals surface area contributed by atoms with Crippen LogP contribution in [0.4, 0.5) is 0 Å². The van der Waals surface area contributed by atoms with E-state index < -0.39 is 15.4 Å². The molecule has 0 spiro atoms. The lowest BCUT2D eigenvalue weighted by atomic mass is 9.87. The molecule has 1 N–H and O–H groups in total. The van der Waals surface area contributed by atoms with Crippen LogP contribution in [0.1, 0.15) is 28.8 Å². The molecular formula is C12H14O4S. The van der Waals surface area contributed by atoms with Crippen LogP contribution in [-0.2, 0) is 15.4 Å². The highest BCUT2D eigenvalue weighted by Crippen LogP contribution is 2.33. The van der Waals surface area contributed by atoms with Crippen molar-refractivity contribution in [3.05, 3.63) is 35.4 Å². The number of hydrogen-bond donors (Lipinski definition) is 1. The Labute approximate surface area is 100 Å². The zero-order chi connectivity index (χ0) is 12.5. The van der Waals surface area contributed by atoms with E-state index in [1.807, 2.05) is 0 Å². The Morgan fingerprint density at radius 3 is 2.47 bits per heavy atom. The van der Waals surface area contributed by atoms with Crippen LogP contribution < -0.4 is 0 Å². The lowest BCUT2D eigenvalue weighted by Crippen LogP contribution is -2.36. The van der Waals surface area contributed by atoms with E-state index in [-0.39, 0.29) is 24.3 Å². The molecular weight excluding hydrogens is 240 g/mol. The topological polar surface area (TPSA) is 71.4 Å². The van der Waals surface area contributed by atoms with Crippen molar-refractivity contribution >= 4 is 16.1 Å². The first kappa shape index (κ1) is 12.3. The van der Waals surface area contributed by atoms with Crippen molar-refractivity contribution in [3.63, 3.8) is 0 Å². The summed E-state index contributed by atoms with van der Waals surface area (Å²) in [5, 5.41) is 10.4. The number of benzene rings is 1. The fourth-order valence-corrected chi connectivity index (χ4v) is 3.57. The lowest BCUT2D eigenvalue weighted by molar-refractivity contribution is 0.0263. The molecule has 4 nitrogen and oxygen atoms in total. The molecule has 2 rings (SSSR count). The van der Waals surface area contributed by atoms with Gasteiger partial charge in [0, 0.05) is 5.56 Å². The summed E-state index contributed by atoms with van der Waals surface area (Å²) in [7, 11) is -3.01. The first-order valence-corrected chi connectivity index (χ1v) is 7.26. The van der Waals surface area contributed by atoms with E-state index in [0.29, 0.717) is 17.4 Å². The van der Waals surface area contributed by atoms with Crippen LogP contribution in [0.25, 0.3) is 0 Å². The van der Waals surface area contributed by atoms with Crippen LogP contribution in [0.15, 0.2) is 24.3 Å². The Bertz CT molecular complexity index is 519. The Kier molecular flexibility index (Phi) is 3.05. The third kappa shape index (κ3) is 2.56. The Morgan fingerprint density at radius 2 is 1.88 bits per heavy atom. The molecule has 1 saturated heterocycles. The maximum Gasteiger partial charge on any atom is 0.150 e. The summed E-state index contributed by atoms with van der Waals surface area (Å²) < 4.78 is 22.7. The molecule has 1 aromatic rings. The van der Waals surface area contributed by atoms with Crippen molar-refractivity contribution in [2.24, 2.45) is 0 Å². The molecule has 5 heteroatoms. The maximum atomic E-state index is 11.3. The molecule has 92 valence electrons. The average Bonchev–Trinajstić information content (AvgIpc) is 2.33. The van der Waals surface area contributed by atoms with Crippen molar-refractivity contribution in [3.8, 4) is 0 Å². The van der Waals surface area contributed by atoms with Gasteiger partial charge < -0.3 is 5.11 Å². The molecule has 1 heterocycles. The minimum atomic E-state index is -3.01. The molecule has 0 unspecified atom stereocenters. The fraction of sp³-hybridized carbons (Fsp3) is 0.417. The molecule has 1 fully saturated rings. The van der Waals surface area contributed by atoms with E-state index in [0.717, 1.165) is 0 Å². The number of carbonyl (C=O) groups is 1. The van der Waals surface area contributed by atoms with E-state index in [1.54, 1.807) is 24.3 Å². The second kappa shape index (κ2) is 4.23. The van der Waals surface area contributed by atoms with E-state index in [4.69, 9.17) is 0 Å². The molecule has 0 bridgehead atoms. The van der Waals surface area contributed by atoms with Gasteiger partial charge in [-0.2, -0.15) is 0 Å². The van der Waals surface area contributed by atoms with Crippen molar-refractivity contribution in [2.45, 2.75) is 18.4 Å². The number of hydrogen-bond acceptors (Lipinski definition) is 4. The smallest absolute Gasteiger partial charge is 0.150 e. The molecule has 1 aliphatic heterocycles. The van der Waals surface area contributed by atoms with E-state index in [9.17, 15) is 18.3 Å². The van der Waals surface area contributed by atoms with Gasteiger partial charge in [-0.15, -0.1) is 0 Å². The average molecular weight is 254 g/mol. The van der Waals surface area contributed by atoms with Crippen LogP contribution in [0.5, 0.6) is 0 Å². The third-order valence-electron chi connectivity index (χ3n) is 3.21. The van der Waals surface area contributed by atoms with Gasteiger partial charge in [0.1, 0.15) is 6.29 Å². The summed E-state index contributed by atoms with van der Waals surface area (Å²) >= 11 is 0. The largest absolute Gasteiger partial charge is 0.385 e. The number of rotatable bonds is 2. The highest BCUT2D eigenvalue weighted by atomic mass is 32.2. The Hall–Kier alpha value is -1.20. The van der Waals surface area contributed by atoms with Gasteiger partial charge in [-0.25, -0.2) is 8.42 Å². The number of carbonyl (C=O) groups excluding carboxylic acids is 1. The van der Waals surface area contributed by atoms with Gasteiger partial charge in [-0.3, -0.25) is 4.79 Å². The predicted molar refractivity (Wildman–Crippen MR) is 63.6 cm³/mol. The number of aliphatic hydroxyl groups is 1. The quantitative estimate of drug-likeness (QED) is 0.796. The molecule has 17 heavy (non-hydrogen) atoms. The minimum Gasteiger partial charge on any atom is -0.385 e. The third-order valence-corrected chi connectivity index (χ3v) is 4.87. The number of sulfone groups is 1. The van der Waals surface area contributed by atoms with E-state index in [2.05, 4.69) is 0 Å². The van der Waals surface area contributed by atoms with Crippen LogP contribution in [-0.4, -0.2) is 31.3 Å². The Morgan fingerprint density at radius 1 is 1.24 bits per heavy atom. The molecule has 0 amide bonds. The molecule has 0 radical (unpaired) electrons. The first-order valence-electron chi connectivity index (χ1n) is 5.44. The minimum absolute atomic E-state index is 0.00514. The summed E-state index contributed by atoms with van der Waals surface area (Å²) in [5.41, 5.74) is -0.00833. The molecule has 1 aromatic carbocycles. The zero-order valence-corrected chi connectivity index (χ0v) is 10.1. The first-order chi connectivity index (χ1) is 7.95. The normalized spacial score (nSPS) is 21.9. The van der Waals surface area contributed by atoms with Gasteiger partial charge in [0.2, 0.25) is 0 Å². The summed E-state index contributed by atoms with van der Waals surface area (Å²) in [6.07, 6.45) is 1.10. The van der Waals surface area contributed by atoms with Gasteiger partial charge in [-0.1, -0.05) is 18.2 Å². The SMILES string of the molecule is O=Cc1cccc(C2(O)CCS(=O)(=O)CC2)c1. The standard InChI is InChI=1S/C12H14O4S/c13-9-10-2-1-3-11(8-10)12(14)4-6-17(15,16)7-5-12/h1-3,8-9,14H,4-7H2. The number of aldehydes is 1. The van der Waals surface area contributed by atoms with Gasteiger partial charge in [0.05, 0.1) is 17.1 Å². The van der Waals surface area contributed by atoms with Crippen molar-refractivity contribution in [2.75, 3.05) is 11.5 Å². The second-order valence-electron chi connectivity index (χ2n) is 4.43. The van der Waals surface area contributed by atoms with Crippen molar-refractivity contribution in [1.82, 2.24) is 0 Å². The van der Waals surface area contributed by atoms with Crippen LogP contribution in [0.3, 0.4) is 0 Å². The van der Waals surface area contributed by atoms with Gasteiger partial charge >= 0.3 is 0 Å². The van der Waals surface area contributed by atoms with Crippen LogP contribution >= 0.6 is 0 Å². The van der Waals surface area contributed by atoms with Crippen LogP contribution in [0, 0.1) is 0 Å². The second-order valence-corrected chi connectivity index (χ2v) is 6.73. The Balaban J connectivity index is 2.30. The summed E-state index contributed by atoms with van der Waals surface area (Å²) in [6, 6.07) is 6.69. The van der Waals surface area contributed by atoms with Gasteiger partial charge in [0.15, 0.2) is 9.84 Å². The van der Waals surface area contributed by atoms with E-state index in [1.165, 1.54) is 0 Å². The molecule has 1 aliphatic rings. The fourth-order valence-electron chi connectivity index (χ4n) is 2.07. The summed E-state index contributed by atoms with van der Waals surface area (Å²) in [5.74, 6) is -0.0103. The van der Waals surface area contributed by atoms with E-state index >= 15 is 0 Å². The van der Waals surface area contributed by atoms with Crippen LogP contribution in [0.2, 0.25) is 0 Å².